The highest BCUT2D eigenvalue weighted by atomic mass is 16.6. The van der Waals surface area contributed by atoms with Gasteiger partial charge in [-0.1, -0.05) is 6.08 Å². The minimum absolute atomic E-state index is 0.136. The molecule has 0 aromatic rings. The zero-order valence-electron chi connectivity index (χ0n) is 14.0. The number of ether oxygens (including phenoxy) is 2. The molecule has 1 aliphatic carbocycles. The molecule has 0 N–H and O–H groups in total. The Kier molecular flexibility index (Phi) is 4.83. The van der Waals surface area contributed by atoms with Crippen molar-refractivity contribution in [2.45, 2.75) is 51.7 Å². The van der Waals surface area contributed by atoms with Crippen LogP contribution in [0.1, 0.15) is 40.0 Å². The summed E-state index contributed by atoms with van der Waals surface area (Å²) >= 11 is 0. The van der Waals surface area contributed by atoms with Crippen LogP contribution >= 0.6 is 0 Å². The van der Waals surface area contributed by atoms with Crippen molar-refractivity contribution in [3.63, 3.8) is 0 Å². The van der Waals surface area contributed by atoms with Gasteiger partial charge in [-0.3, -0.25) is 4.90 Å². The molecule has 1 heterocycles. The Balaban J connectivity index is 2.20. The second-order valence-corrected chi connectivity index (χ2v) is 7.33. The molecule has 5 heteroatoms. The van der Waals surface area contributed by atoms with E-state index in [1.807, 2.05) is 26.8 Å². The van der Waals surface area contributed by atoms with Gasteiger partial charge in [0.25, 0.3) is 0 Å². The van der Waals surface area contributed by atoms with Gasteiger partial charge in [-0.15, -0.1) is 6.58 Å². The van der Waals surface area contributed by atoms with E-state index in [-0.39, 0.29) is 11.9 Å². The highest BCUT2D eigenvalue weighted by Gasteiger charge is 2.51. The van der Waals surface area contributed by atoms with Gasteiger partial charge in [-0.2, -0.15) is 0 Å². The summed E-state index contributed by atoms with van der Waals surface area (Å²) in [5.74, 6) is 0.541. The topological polar surface area (TPSA) is 55.8 Å². The third-order valence-electron chi connectivity index (χ3n) is 4.67. The number of hydrogen-bond donors (Lipinski definition) is 0. The monoisotopic (exact) mass is 309 g/mol. The molecule has 1 saturated carbocycles. The molecular weight excluding hydrogens is 282 g/mol. The number of nitrogens with zero attached hydrogens (tertiary/aromatic N) is 1. The molecule has 1 aliphatic heterocycles. The van der Waals surface area contributed by atoms with Gasteiger partial charge >= 0.3 is 12.1 Å². The van der Waals surface area contributed by atoms with Crippen LogP contribution in [0.2, 0.25) is 0 Å². The fourth-order valence-corrected chi connectivity index (χ4v) is 3.66. The van der Waals surface area contributed by atoms with Crippen LogP contribution in [0.15, 0.2) is 12.7 Å². The maximum absolute atomic E-state index is 12.5. The van der Waals surface area contributed by atoms with Crippen LogP contribution in [-0.4, -0.2) is 42.3 Å². The van der Waals surface area contributed by atoms with Gasteiger partial charge in [0.05, 0.1) is 7.11 Å². The largest absolute Gasteiger partial charge is 0.467 e. The molecule has 0 aromatic carbocycles. The minimum atomic E-state index is -0.574. The fraction of sp³-hybridized carbons (Fsp3) is 0.765. The second kappa shape index (κ2) is 6.31. The van der Waals surface area contributed by atoms with Crippen molar-refractivity contribution in [2.24, 2.45) is 17.8 Å². The van der Waals surface area contributed by atoms with E-state index in [9.17, 15) is 9.59 Å². The average molecular weight is 309 g/mol. The zero-order chi connectivity index (χ0) is 16.5. The van der Waals surface area contributed by atoms with Gasteiger partial charge in [0.1, 0.15) is 11.6 Å². The van der Waals surface area contributed by atoms with E-state index in [1.54, 1.807) is 4.90 Å². The lowest BCUT2D eigenvalue weighted by atomic mass is 9.73. The molecular formula is C17H27NO4. The van der Waals surface area contributed by atoms with Crippen LogP contribution in [0.5, 0.6) is 0 Å². The van der Waals surface area contributed by atoms with Crippen LogP contribution in [0, 0.1) is 17.8 Å². The molecule has 0 aromatic heterocycles. The molecule has 2 rings (SSSR count). The molecule has 2 fully saturated rings. The predicted octanol–water partition coefficient (Wildman–Crippen LogP) is 3.00. The third-order valence-corrected chi connectivity index (χ3v) is 4.67. The van der Waals surface area contributed by atoms with Gasteiger partial charge in [-0.05, 0) is 57.8 Å². The van der Waals surface area contributed by atoms with E-state index >= 15 is 0 Å². The van der Waals surface area contributed by atoms with E-state index in [4.69, 9.17) is 9.47 Å². The van der Waals surface area contributed by atoms with Gasteiger partial charge in [-0.25, -0.2) is 9.59 Å². The summed E-state index contributed by atoms with van der Waals surface area (Å²) in [5, 5.41) is 0. The number of hydrogen-bond acceptors (Lipinski definition) is 4. The Morgan fingerprint density at radius 1 is 1.27 bits per heavy atom. The normalized spacial score (nSPS) is 31.4. The molecule has 2 aliphatic rings. The SMILES string of the molecule is C=C[C@@H]1CCC2CN(C(=O)OC(C)(C)C)[C@H](C(=O)OC)C2C1. The number of methoxy groups -OCH3 is 1. The quantitative estimate of drug-likeness (QED) is 0.581. The van der Waals surface area contributed by atoms with Crippen LogP contribution in [0.4, 0.5) is 4.79 Å². The number of likely N-dealkylation sites (tertiary alicyclic amines) is 1. The summed E-state index contributed by atoms with van der Waals surface area (Å²) in [6.07, 6.45) is 4.50. The minimum Gasteiger partial charge on any atom is -0.467 e. The maximum atomic E-state index is 12.5. The number of rotatable bonds is 2. The van der Waals surface area contributed by atoms with Gasteiger partial charge in [0.15, 0.2) is 0 Å². The molecule has 1 saturated heterocycles. The van der Waals surface area contributed by atoms with Gasteiger partial charge in [0.2, 0.25) is 0 Å². The summed E-state index contributed by atoms with van der Waals surface area (Å²) in [7, 11) is 1.37. The molecule has 0 radical (unpaired) electrons. The van der Waals surface area contributed by atoms with Gasteiger partial charge in [0, 0.05) is 6.54 Å². The molecule has 2 unspecified atom stereocenters. The molecule has 4 atom stereocenters. The predicted molar refractivity (Wildman–Crippen MR) is 83.3 cm³/mol. The van der Waals surface area contributed by atoms with E-state index in [2.05, 4.69) is 6.58 Å². The average Bonchev–Trinajstić information content (AvgIpc) is 2.83. The van der Waals surface area contributed by atoms with Crippen LogP contribution < -0.4 is 0 Å². The molecule has 5 nitrogen and oxygen atoms in total. The Morgan fingerprint density at radius 3 is 2.50 bits per heavy atom. The van der Waals surface area contributed by atoms with Gasteiger partial charge < -0.3 is 9.47 Å². The Hall–Kier alpha value is -1.52. The first-order valence-electron chi connectivity index (χ1n) is 7.97. The van der Waals surface area contributed by atoms with Crippen molar-refractivity contribution in [3.8, 4) is 0 Å². The standard InChI is InChI=1S/C17H27NO4/c1-6-11-7-8-12-10-18(16(20)22-17(2,3)4)14(13(12)9-11)15(19)21-5/h6,11-14H,1,7-10H2,2-5H3/t11-,12?,13?,14+/m1/s1. The molecule has 0 spiro atoms. The van der Waals surface area contributed by atoms with Crippen molar-refractivity contribution in [3.05, 3.63) is 12.7 Å². The second-order valence-electron chi connectivity index (χ2n) is 7.33. The van der Waals surface area contributed by atoms with Crippen LogP contribution in [0.3, 0.4) is 0 Å². The first kappa shape index (κ1) is 16.8. The van der Waals surface area contributed by atoms with Crippen molar-refractivity contribution < 1.29 is 19.1 Å². The molecule has 124 valence electrons. The first-order valence-corrected chi connectivity index (χ1v) is 7.97. The van der Waals surface area contributed by atoms with Crippen molar-refractivity contribution in [1.82, 2.24) is 4.90 Å². The Labute approximate surface area is 132 Å². The highest BCUT2D eigenvalue weighted by molar-refractivity contribution is 5.82. The number of amides is 1. The zero-order valence-corrected chi connectivity index (χ0v) is 14.0. The lowest BCUT2D eigenvalue weighted by Gasteiger charge is -2.32. The summed E-state index contributed by atoms with van der Waals surface area (Å²) < 4.78 is 10.4. The van der Waals surface area contributed by atoms with E-state index in [0.717, 1.165) is 19.3 Å². The maximum Gasteiger partial charge on any atom is 0.411 e. The number of carbonyl (C=O) groups is 2. The van der Waals surface area contributed by atoms with Crippen LogP contribution in [-0.2, 0) is 14.3 Å². The molecule has 1 amide bonds. The molecule has 0 bridgehead atoms. The Morgan fingerprint density at radius 2 is 1.95 bits per heavy atom. The van der Waals surface area contributed by atoms with E-state index in [1.165, 1.54) is 7.11 Å². The van der Waals surface area contributed by atoms with E-state index < -0.39 is 17.7 Å². The first-order chi connectivity index (χ1) is 10.3. The third kappa shape index (κ3) is 3.45. The lowest BCUT2D eigenvalue weighted by Crippen LogP contribution is -2.46. The number of fused-ring (bicyclic) bond motifs is 1. The summed E-state index contributed by atoms with van der Waals surface area (Å²) in [4.78, 5) is 26.3. The lowest BCUT2D eigenvalue weighted by molar-refractivity contribution is -0.147. The number of allylic oxidation sites excluding steroid dienone is 1. The summed E-state index contributed by atoms with van der Waals surface area (Å²) in [6.45, 7) is 9.93. The molecule has 22 heavy (non-hydrogen) atoms. The highest BCUT2D eigenvalue weighted by Crippen LogP contribution is 2.43. The van der Waals surface area contributed by atoms with Crippen LogP contribution in [0.25, 0.3) is 0 Å². The van der Waals surface area contributed by atoms with Crippen molar-refractivity contribution in [1.29, 1.82) is 0 Å². The fourth-order valence-electron chi connectivity index (χ4n) is 3.66. The Bertz CT molecular complexity index is 454. The van der Waals surface area contributed by atoms with Crippen molar-refractivity contribution in [2.75, 3.05) is 13.7 Å². The van der Waals surface area contributed by atoms with E-state index in [0.29, 0.717) is 18.4 Å². The summed E-state index contributed by atoms with van der Waals surface area (Å²) in [5.41, 5.74) is -0.574. The smallest absolute Gasteiger partial charge is 0.411 e. The number of esters is 1. The van der Waals surface area contributed by atoms with Crippen molar-refractivity contribution >= 4 is 12.1 Å². The summed E-state index contributed by atoms with van der Waals surface area (Å²) in [6, 6.07) is -0.535. The number of carbonyl (C=O) groups excluding carboxylic acids is 2.